The van der Waals surface area contributed by atoms with Crippen LogP contribution in [0.1, 0.15) is 41.4 Å². The number of nitrogens with zero attached hydrogens (tertiary/aromatic N) is 3. The average Bonchev–Trinajstić information content (AvgIpc) is 3.17. The van der Waals surface area contributed by atoms with Gasteiger partial charge in [0.25, 0.3) is 5.91 Å². The molecule has 0 fully saturated rings. The van der Waals surface area contributed by atoms with Crippen LogP contribution in [0.4, 0.5) is 0 Å². The first-order valence-electron chi connectivity index (χ1n) is 11.6. The fourth-order valence-electron chi connectivity index (χ4n) is 4.59. The van der Waals surface area contributed by atoms with Crippen molar-refractivity contribution in [1.82, 2.24) is 19.8 Å². The molecule has 0 saturated carbocycles. The smallest absolute Gasteiger partial charge is 0.255 e. The second-order valence-corrected chi connectivity index (χ2v) is 9.36. The number of carbonyl (C=O) groups is 1. The van der Waals surface area contributed by atoms with Gasteiger partial charge < -0.3 is 14.8 Å². The molecule has 1 amide bonds. The Labute approximate surface area is 191 Å². The van der Waals surface area contributed by atoms with E-state index < -0.39 is 0 Å². The number of pyridine rings is 1. The van der Waals surface area contributed by atoms with E-state index in [0.717, 1.165) is 43.7 Å². The molecule has 168 valence electrons. The Morgan fingerprint density at radius 3 is 2.56 bits per heavy atom. The van der Waals surface area contributed by atoms with Crippen LogP contribution in [0, 0.1) is 5.92 Å². The highest BCUT2D eigenvalue weighted by Crippen LogP contribution is 2.40. The van der Waals surface area contributed by atoms with Crippen molar-refractivity contribution in [1.29, 1.82) is 0 Å². The summed E-state index contributed by atoms with van der Waals surface area (Å²) < 4.78 is 0. The number of aromatic amines is 1. The molecule has 32 heavy (non-hydrogen) atoms. The van der Waals surface area contributed by atoms with Gasteiger partial charge in [0.2, 0.25) is 0 Å². The van der Waals surface area contributed by atoms with E-state index in [0.29, 0.717) is 11.5 Å². The Bertz CT molecular complexity index is 1050. The maximum absolute atomic E-state index is 12.8. The summed E-state index contributed by atoms with van der Waals surface area (Å²) >= 11 is 0. The summed E-state index contributed by atoms with van der Waals surface area (Å²) in [5, 5.41) is 0. The van der Waals surface area contributed by atoms with Crippen molar-refractivity contribution in [2.45, 2.75) is 32.6 Å². The number of H-pyrrole nitrogens is 1. The molecule has 0 aliphatic heterocycles. The van der Waals surface area contributed by atoms with Crippen LogP contribution in [-0.4, -0.2) is 59.9 Å². The molecule has 3 aromatic rings. The van der Waals surface area contributed by atoms with Crippen LogP contribution in [0.3, 0.4) is 0 Å². The van der Waals surface area contributed by atoms with Crippen LogP contribution in [0.2, 0.25) is 0 Å². The zero-order valence-electron chi connectivity index (χ0n) is 19.7. The van der Waals surface area contributed by atoms with E-state index in [4.69, 9.17) is 4.98 Å². The highest BCUT2D eigenvalue weighted by molar-refractivity contribution is 5.94. The Morgan fingerprint density at radius 2 is 1.88 bits per heavy atom. The van der Waals surface area contributed by atoms with Gasteiger partial charge in [-0.1, -0.05) is 37.3 Å². The van der Waals surface area contributed by atoms with Gasteiger partial charge in [0.15, 0.2) is 0 Å². The minimum absolute atomic E-state index is 0.0239. The summed E-state index contributed by atoms with van der Waals surface area (Å²) in [6.45, 7) is 4.03. The van der Waals surface area contributed by atoms with Crippen molar-refractivity contribution in [3.8, 4) is 22.5 Å². The van der Waals surface area contributed by atoms with E-state index in [-0.39, 0.29) is 5.91 Å². The lowest BCUT2D eigenvalue weighted by Gasteiger charge is -2.20. The van der Waals surface area contributed by atoms with Crippen molar-refractivity contribution in [2.24, 2.45) is 5.92 Å². The summed E-state index contributed by atoms with van der Waals surface area (Å²) in [5.41, 5.74) is 7.79. The van der Waals surface area contributed by atoms with Gasteiger partial charge in [0.1, 0.15) is 0 Å². The molecule has 5 nitrogen and oxygen atoms in total. The van der Waals surface area contributed by atoms with E-state index >= 15 is 0 Å². The summed E-state index contributed by atoms with van der Waals surface area (Å²) in [5.74, 6) is 0.688. The third-order valence-electron chi connectivity index (χ3n) is 6.41. The number of hydrogen-bond acceptors (Lipinski definition) is 3. The van der Waals surface area contributed by atoms with Gasteiger partial charge in [-0.25, -0.2) is 0 Å². The number of rotatable bonds is 7. The zero-order valence-corrected chi connectivity index (χ0v) is 19.7. The molecule has 0 spiro atoms. The second-order valence-electron chi connectivity index (χ2n) is 9.36. The van der Waals surface area contributed by atoms with Gasteiger partial charge in [0, 0.05) is 31.0 Å². The molecule has 0 saturated heterocycles. The van der Waals surface area contributed by atoms with Gasteiger partial charge in [0.05, 0.1) is 17.0 Å². The number of hydrogen-bond donors (Lipinski definition) is 1. The van der Waals surface area contributed by atoms with Crippen LogP contribution < -0.4 is 0 Å². The number of nitrogens with one attached hydrogen (secondary N) is 1. The van der Waals surface area contributed by atoms with Gasteiger partial charge in [-0.15, -0.1) is 0 Å². The van der Waals surface area contributed by atoms with Crippen LogP contribution in [0.15, 0.2) is 48.7 Å². The normalized spacial score (nSPS) is 15.6. The van der Waals surface area contributed by atoms with Gasteiger partial charge in [-0.05, 0) is 75.5 Å². The average molecular weight is 431 g/mol. The molecule has 5 heteroatoms. The van der Waals surface area contributed by atoms with Crippen molar-refractivity contribution < 1.29 is 4.79 Å². The first kappa shape index (κ1) is 22.3. The standard InChI is InChI=1S/C27H34N4O/c1-19-11-13-23-22(17-19)25(26(29-23)20-9-6-5-7-10-20)24-14-12-21(18-28-24)27(32)31(4)16-8-15-30(2)3/h5-7,9-10,12,14,18-19,29H,8,11,13,15-17H2,1-4H3. The fourth-order valence-corrected chi connectivity index (χ4v) is 4.59. The van der Waals surface area contributed by atoms with Crippen molar-refractivity contribution in [3.05, 3.63) is 65.5 Å². The number of benzene rings is 1. The van der Waals surface area contributed by atoms with E-state index in [2.05, 4.69) is 55.2 Å². The van der Waals surface area contributed by atoms with Gasteiger partial charge in [-0.3, -0.25) is 9.78 Å². The largest absolute Gasteiger partial charge is 0.358 e. The number of amides is 1. The maximum atomic E-state index is 12.8. The lowest BCUT2D eigenvalue weighted by molar-refractivity contribution is 0.0790. The molecule has 1 atom stereocenters. The molecule has 1 N–H and O–H groups in total. The third kappa shape index (κ3) is 4.78. The predicted octanol–water partition coefficient (Wildman–Crippen LogP) is 4.89. The number of carbonyl (C=O) groups excluding carboxylic acids is 1. The fraction of sp³-hybridized carbons (Fsp3) is 0.407. The zero-order chi connectivity index (χ0) is 22.7. The minimum Gasteiger partial charge on any atom is -0.358 e. The quantitative estimate of drug-likeness (QED) is 0.580. The topological polar surface area (TPSA) is 52.2 Å². The number of fused-ring (bicyclic) bond motifs is 1. The minimum atomic E-state index is 0.0239. The number of aromatic nitrogens is 2. The summed E-state index contributed by atoms with van der Waals surface area (Å²) in [4.78, 5) is 25.3. The first-order valence-corrected chi connectivity index (χ1v) is 11.6. The van der Waals surface area contributed by atoms with Crippen molar-refractivity contribution >= 4 is 5.91 Å². The second kappa shape index (κ2) is 9.70. The summed E-state index contributed by atoms with van der Waals surface area (Å²) in [6.07, 6.45) is 6.03. The van der Waals surface area contributed by atoms with E-state index in [1.54, 1.807) is 11.1 Å². The van der Waals surface area contributed by atoms with Gasteiger partial charge >= 0.3 is 0 Å². The lowest BCUT2D eigenvalue weighted by Crippen LogP contribution is -2.29. The van der Waals surface area contributed by atoms with E-state index in [9.17, 15) is 4.79 Å². The maximum Gasteiger partial charge on any atom is 0.255 e. The predicted molar refractivity (Wildman–Crippen MR) is 131 cm³/mol. The van der Waals surface area contributed by atoms with Crippen LogP contribution in [-0.2, 0) is 12.8 Å². The molecule has 2 aromatic heterocycles. The highest BCUT2D eigenvalue weighted by atomic mass is 16.2. The molecular weight excluding hydrogens is 396 g/mol. The SMILES string of the molecule is CC1CCc2[nH]c(-c3ccccc3)c(-c3ccc(C(=O)N(C)CCCN(C)C)cn3)c2C1. The van der Waals surface area contributed by atoms with Crippen LogP contribution >= 0.6 is 0 Å². The summed E-state index contributed by atoms with van der Waals surface area (Å²) in [6, 6.07) is 14.4. The molecular formula is C27H34N4O. The monoisotopic (exact) mass is 430 g/mol. The van der Waals surface area contributed by atoms with Crippen LogP contribution in [0.25, 0.3) is 22.5 Å². The van der Waals surface area contributed by atoms with E-state index in [1.165, 1.54) is 28.8 Å². The van der Waals surface area contributed by atoms with Crippen molar-refractivity contribution in [2.75, 3.05) is 34.2 Å². The first-order chi connectivity index (χ1) is 15.4. The van der Waals surface area contributed by atoms with Gasteiger partial charge in [-0.2, -0.15) is 0 Å². The number of aryl methyl sites for hydroxylation is 1. The molecule has 1 aliphatic rings. The van der Waals surface area contributed by atoms with E-state index in [1.807, 2.05) is 25.2 Å². The molecule has 1 unspecified atom stereocenters. The van der Waals surface area contributed by atoms with Crippen LogP contribution in [0.5, 0.6) is 0 Å². The highest BCUT2D eigenvalue weighted by Gasteiger charge is 2.25. The Morgan fingerprint density at radius 1 is 1.09 bits per heavy atom. The molecule has 2 heterocycles. The molecule has 4 rings (SSSR count). The molecule has 1 aliphatic carbocycles. The Balaban J connectivity index is 1.63. The molecule has 1 aromatic carbocycles. The Hall–Kier alpha value is -2.92. The van der Waals surface area contributed by atoms with Crippen molar-refractivity contribution in [3.63, 3.8) is 0 Å². The third-order valence-corrected chi connectivity index (χ3v) is 6.41. The Kier molecular flexibility index (Phi) is 6.75. The lowest BCUT2D eigenvalue weighted by atomic mass is 9.86. The molecule has 0 radical (unpaired) electrons. The molecule has 0 bridgehead atoms. The summed E-state index contributed by atoms with van der Waals surface area (Å²) in [7, 11) is 5.96.